The molecule has 0 saturated carbocycles. The average molecular weight is 294 g/mol. The second-order valence-electron chi connectivity index (χ2n) is 5.05. The standard InChI is InChI=1S/C15H22N2O4/c1-4-10(5-2)21-12-8-9(15(19)20)7-11(16)14(12)17-13(18)6-3/h3,8,10-12,14H,4-5,7,16H2,1-2H3,(H,17,18)(H,19,20)/t11-,12+,14+/m0/s1. The van der Waals surface area contributed by atoms with Gasteiger partial charge in [0.2, 0.25) is 0 Å². The van der Waals surface area contributed by atoms with Crippen LogP contribution in [0.2, 0.25) is 0 Å². The molecule has 1 amide bonds. The third kappa shape index (κ3) is 4.59. The molecule has 0 radical (unpaired) electrons. The smallest absolute Gasteiger partial charge is 0.331 e. The summed E-state index contributed by atoms with van der Waals surface area (Å²) in [4.78, 5) is 22.6. The lowest BCUT2D eigenvalue weighted by Gasteiger charge is -2.36. The van der Waals surface area contributed by atoms with Gasteiger partial charge in [-0.1, -0.05) is 13.8 Å². The Kier molecular flexibility index (Phi) is 6.40. The zero-order chi connectivity index (χ0) is 16.0. The summed E-state index contributed by atoms with van der Waals surface area (Å²) in [6, 6.07) is -1.09. The highest BCUT2D eigenvalue weighted by atomic mass is 16.5. The topological polar surface area (TPSA) is 102 Å². The molecule has 0 saturated heterocycles. The van der Waals surface area contributed by atoms with Gasteiger partial charge in [0, 0.05) is 11.6 Å². The van der Waals surface area contributed by atoms with E-state index in [0.717, 1.165) is 12.8 Å². The van der Waals surface area contributed by atoms with Crippen molar-refractivity contribution in [1.82, 2.24) is 5.32 Å². The molecular formula is C15H22N2O4. The van der Waals surface area contributed by atoms with Gasteiger partial charge >= 0.3 is 5.97 Å². The van der Waals surface area contributed by atoms with Crippen molar-refractivity contribution < 1.29 is 19.4 Å². The number of nitrogens with two attached hydrogens (primary N) is 1. The molecule has 21 heavy (non-hydrogen) atoms. The molecule has 0 aliphatic heterocycles. The van der Waals surface area contributed by atoms with Gasteiger partial charge in [-0.25, -0.2) is 4.79 Å². The molecule has 0 aromatic rings. The van der Waals surface area contributed by atoms with Gasteiger partial charge in [-0.3, -0.25) is 4.79 Å². The van der Waals surface area contributed by atoms with Crippen LogP contribution >= 0.6 is 0 Å². The highest BCUT2D eigenvalue weighted by molar-refractivity contribution is 5.93. The molecule has 0 spiro atoms. The summed E-state index contributed by atoms with van der Waals surface area (Å²) in [5.41, 5.74) is 6.19. The predicted octanol–water partition coefficient (Wildman–Crippen LogP) is 0.420. The van der Waals surface area contributed by atoms with E-state index in [1.807, 2.05) is 19.8 Å². The van der Waals surface area contributed by atoms with Crippen LogP contribution in [0.1, 0.15) is 33.1 Å². The Bertz CT molecular complexity index is 463. The monoisotopic (exact) mass is 294 g/mol. The molecule has 1 rings (SSSR count). The van der Waals surface area contributed by atoms with E-state index in [1.165, 1.54) is 6.08 Å². The first-order chi connectivity index (χ1) is 9.92. The van der Waals surface area contributed by atoms with Crippen molar-refractivity contribution in [3.8, 4) is 12.3 Å². The van der Waals surface area contributed by atoms with E-state index in [1.54, 1.807) is 0 Å². The van der Waals surface area contributed by atoms with Crippen molar-refractivity contribution in [2.24, 2.45) is 5.73 Å². The molecule has 116 valence electrons. The minimum absolute atomic E-state index is 0.0307. The van der Waals surface area contributed by atoms with Crippen molar-refractivity contribution >= 4 is 11.9 Å². The number of carboxylic acids is 1. The third-order valence-corrected chi connectivity index (χ3v) is 3.60. The Morgan fingerprint density at radius 2 is 2.19 bits per heavy atom. The van der Waals surface area contributed by atoms with E-state index in [4.69, 9.17) is 22.0 Å². The summed E-state index contributed by atoms with van der Waals surface area (Å²) < 4.78 is 5.90. The first kappa shape index (κ1) is 17.2. The van der Waals surface area contributed by atoms with Gasteiger partial charge in [-0.15, -0.1) is 6.42 Å². The fraction of sp³-hybridized carbons (Fsp3) is 0.600. The maximum absolute atomic E-state index is 11.4. The lowest BCUT2D eigenvalue weighted by atomic mass is 9.88. The minimum Gasteiger partial charge on any atom is -0.478 e. The number of nitrogens with one attached hydrogen (secondary N) is 1. The lowest BCUT2D eigenvalue weighted by Crippen LogP contribution is -2.57. The lowest BCUT2D eigenvalue weighted by molar-refractivity contribution is -0.133. The van der Waals surface area contributed by atoms with Crippen LogP contribution in [0.4, 0.5) is 0 Å². The quantitative estimate of drug-likeness (QED) is 0.616. The van der Waals surface area contributed by atoms with Crippen LogP contribution in [0.3, 0.4) is 0 Å². The first-order valence-electron chi connectivity index (χ1n) is 7.05. The number of terminal acetylenes is 1. The molecule has 0 bridgehead atoms. The molecule has 0 heterocycles. The molecule has 1 aliphatic carbocycles. The summed E-state index contributed by atoms with van der Waals surface area (Å²) in [5.74, 6) is 0.365. The molecule has 6 nitrogen and oxygen atoms in total. The van der Waals surface area contributed by atoms with E-state index >= 15 is 0 Å². The normalized spacial score (nSPS) is 25.1. The summed E-state index contributed by atoms with van der Waals surface area (Å²) >= 11 is 0. The van der Waals surface area contributed by atoms with E-state index in [-0.39, 0.29) is 18.1 Å². The molecule has 6 heteroatoms. The number of rotatable bonds is 6. The largest absolute Gasteiger partial charge is 0.478 e. The number of carbonyl (C=O) groups is 2. The van der Waals surface area contributed by atoms with Gasteiger partial charge in [0.15, 0.2) is 0 Å². The number of ether oxygens (including phenoxy) is 1. The van der Waals surface area contributed by atoms with Gasteiger partial charge in [-0.2, -0.15) is 0 Å². The second-order valence-corrected chi connectivity index (χ2v) is 5.05. The number of amides is 1. The second kappa shape index (κ2) is 7.81. The maximum atomic E-state index is 11.4. The fourth-order valence-corrected chi connectivity index (χ4v) is 2.36. The average Bonchev–Trinajstić information content (AvgIpc) is 2.46. The van der Waals surface area contributed by atoms with Gasteiger partial charge < -0.3 is 20.9 Å². The molecule has 1 aliphatic rings. The van der Waals surface area contributed by atoms with Crippen LogP contribution in [0, 0.1) is 12.3 Å². The molecule has 0 aromatic carbocycles. The Hall–Kier alpha value is -1.84. The minimum atomic E-state index is -1.02. The summed E-state index contributed by atoms with van der Waals surface area (Å²) in [7, 11) is 0. The molecule has 0 unspecified atom stereocenters. The van der Waals surface area contributed by atoms with Crippen molar-refractivity contribution in [3.63, 3.8) is 0 Å². The molecule has 0 aromatic heterocycles. The SMILES string of the molecule is C#CC(=O)N[C@@H]1[C@@H](N)CC(C(=O)O)=C[C@H]1OC(CC)CC. The van der Waals surface area contributed by atoms with Crippen LogP contribution in [0.15, 0.2) is 11.6 Å². The van der Waals surface area contributed by atoms with E-state index in [2.05, 4.69) is 5.32 Å². The zero-order valence-electron chi connectivity index (χ0n) is 12.3. The van der Waals surface area contributed by atoms with Crippen molar-refractivity contribution in [2.75, 3.05) is 0 Å². The van der Waals surface area contributed by atoms with Gasteiger partial charge in [-0.05, 0) is 31.3 Å². The Morgan fingerprint density at radius 3 is 2.67 bits per heavy atom. The maximum Gasteiger partial charge on any atom is 0.331 e. The zero-order valence-corrected chi connectivity index (χ0v) is 12.3. The number of hydrogen-bond acceptors (Lipinski definition) is 4. The predicted molar refractivity (Wildman–Crippen MR) is 78.3 cm³/mol. The Balaban J connectivity index is 2.99. The molecule has 3 atom stereocenters. The summed E-state index contributed by atoms with van der Waals surface area (Å²) in [6.45, 7) is 3.96. The third-order valence-electron chi connectivity index (χ3n) is 3.60. The van der Waals surface area contributed by atoms with E-state index in [0.29, 0.717) is 0 Å². The Labute approximate surface area is 124 Å². The van der Waals surface area contributed by atoms with Crippen LogP contribution < -0.4 is 11.1 Å². The highest BCUT2D eigenvalue weighted by Crippen LogP contribution is 2.23. The summed E-state index contributed by atoms with van der Waals surface area (Å²) in [6.07, 6.45) is 7.68. The number of carboxylic acid groups (broad SMARTS) is 1. The first-order valence-corrected chi connectivity index (χ1v) is 7.05. The molecule has 4 N–H and O–H groups in total. The number of aliphatic carboxylic acids is 1. The Morgan fingerprint density at radius 1 is 1.57 bits per heavy atom. The summed E-state index contributed by atoms with van der Waals surface area (Å²) in [5, 5.41) is 11.8. The van der Waals surface area contributed by atoms with Crippen LogP contribution in [0.25, 0.3) is 0 Å². The van der Waals surface area contributed by atoms with Gasteiger partial charge in [0.05, 0.1) is 18.2 Å². The van der Waals surface area contributed by atoms with Crippen LogP contribution in [0.5, 0.6) is 0 Å². The van der Waals surface area contributed by atoms with Crippen molar-refractivity contribution in [1.29, 1.82) is 0 Å². The van der Waals surface area contributed by atoms with Crippen molar-refractivity contribution in [2.45, 2.75) is 57.4 Å². The number of carbonyl (C=O) groups excluding carboxylic acids is 1. The fourth-order valence-electron chi connectivity index (χ4n) is 2.36. The van der Waals surface area contributed by atoms with Crippen LogP contribution in [-0.2, 0) is 14.3 Å². The van der Waals surface area contributed by atoms with Crippen LogP contribution in [-0.4, -0.2) is 41.3 Å². The van der Waals surface area contributed by atoms with Gasteiger partial charge in [0.25, 0.3) is 5.91 Å². The molecular weight excluding hydrogens is 272 g/mol. The van der Waals surface area contributed by atoms with Crippen molar-refractivity contribution in [3.05, 3.63) is 11.6 Å². The van der Waals surface area contributed by atoms with Gasteiger partial charge in [0.1, 0.15) is 0 Å². The highest BCUT2D eigenvalue weighted by Gasteiger charge is 2.35. The molecule has 0 fully saturated rings. The van der Waals surface area contributed by atoms with E-state index < -0.39 is 30.1 Å². The van der Waals surface area contributed by atoms with E-state index in [9.17, 15) is 9.59 Å². The number of hydrogen-bond donors (Lipinski definition) is 3.